The molecule has 4 aromatic carbocycles. The highest BCUT2D eigenvalue weighted by molar-refractivity contribution is 5.85. The van der Waals surface area contributed by atoms with Crippen molar-refractivity contribution in [2.45, 2.75) is 89.4 Å². The van der Waals surface area contributed by atoms with Crippen molar-refractivity contribution in [2.24, 2.45) is 5.73 Å². The number of benzene rings is 4. The first-order valence-corrected chi connectivity index (χ1v) is 17.3. The summed E-state index contributed by atoms with van der Waals surface area (Å²) in [5, 5.41) is 8.74. The summed E-state index contributed by atoms with van der Waals surface area (Å²) in [5.74, 6) is 0. The molecule has 0 saturated heterocycles. The Labute approximate surface area is 312 Å². The standard InChI is InChI=1S/C23H28N2O4.C18H20N2O2.ClH/c1-22(2,3)29-20(26)24-15-17-9-11-19(12-10-17)23(13-14-23)25-21(27)28-16-18-7-5-4-6-8-18;19-12-14-6-8-16(9-7-14)18(10-11-18)20-17(21)22-13-15-4-2-1-3-5-15;/h4-12H,13-16H2,1-3H3,(H,24,26)(H,25,27);1-9H,10-13,19H2,(H,20,21);1H. The molecule has 2 fully saturated rings. The summed E-state index contributed by atoms with van der Waals surface area (Å²) in [5.41, 5.74) is 10.6. The summed E-state index contributed by atoms with van der Waals surface area (Å²) in [6.45, 7) is 6.93. The summed E-state index contributed by atoms with van der Waals surface area (Å²) in [4.78, 5) is 36.0. The number of ether oxygens (including phenoxy) is 3. The molecular formula is C41H49ClN4O6. The van der Waals surface area contributed by atoms with E-state index in [0.29, 0.717) is 13.1 Å². The number of hydrogen-bond acceptors (Lipinski definition) is 7. The number of alkyl carbamates (subject to hydrolysis) is 3. The van der Waals surface area contributed by atoms with Gasteiger partial charge in [0.15, 0.2) is 0 Å². The lowest BCUT2D eigenvalue weighted by Gasteiger charge is -2.20. The summed E-state index contributed by atoms with van der Waals surface area (Å²) in [7, 11) is 0. The minimum atomic E-state index is -0.521. The third-order valence-corrected chi connectivity index (χ3v) is 8.69. The molecule has 4 aromatic rings. The minimum Gasteiger partial charge on any atom is -0.445 e. The van der Waals surface area contributed by atoms with E-state index in [2.05, 4.69) is 16.0 Å². The summed E-state index contributed by atoms with van der Waals surface area (Å²) < 4.78 is 15.9. The number of halogens is 1. The van der Waals surface area contributed by atoms with E-state index in [1.165, 1.54) is 0 Å². The molecule has 5 N–H and O–H groups in total. The fourth-order valence-electron chi connectivity index (χ4n) is 5.52. The topological polar surface area (TPSA) is 141 Å². The second-order valence-corrected chi connectivity index (χ2v) is 14.0. The molecule has 10 nitrogen and oxygen atoms in total. The van der Waals surface area contributed by atoms with Crippen molar-refractivity contribution < 1.29 is 28.6 Å². The van der Waals surface area contributed by atoms with Crippen LogP contribution in [0.3, 0.4) is 0 Å². The van der Waals surface area contributed by atoms with Crippen molar-refractivity contribution in [3.05, 3.63) is 143 Å². The molecule has 0 radical (unpaired) electrons. The van der Waals surface area contributed by atoms with E-state index in [-0.39, 0.29) is 42.8 Å². The molecule has 2 aliphatic carbocycles. The second kappa shape index (κ2) is 17.9. The van der Waals surface area contributed by atoms with Crippen LogP contribution in [-0.4, -0.2) is 23.9 Å². The Hall–Kier alpha value is -5.06. The largest absolute Gasteiger partial charge is 0.445 e. The quantitative estimate of drug-likeness (QED) is 0.114. The van der Waals surface area contributed by atoms with Crippen molar-refractivity contribution in [1.82, 2.24) is 16.0 Å². The Bertz CT molecular complexity index is 1740. The Balaban J connectivity index is 0.000000236. The number of nitrogens with one attached hydrogen (secondary N) is 3. The van der Waals surface area contributed by atoms with Crippen LogP contribution in [-0.2, 0) is 51.6 Å². The monoisotopic (exact) mass is 728 g/mol. The second-order valence-electron chi connectivity index (χ2n) is 14.0. The smallest absolute Gasteiger partial charge is 0.408 e. The normalized spacial score (nSPS) is 14.5. The Morgan fingerprint density at radius 1 is 0.596 bits per heavy atom. The molecule has 0 heterocycles. The maximum atomic E-state index is 12.2. The summed E-state index contributed by atoms with van der Waals surface area (Å²) in [6, 6.07) is 35.2. The van der Waals surface area contributed by atoms with E-state index in [9.17, 15) is 14.4 Å². The average Bonchev–Trinajstić information content (AvgIpc) is 4.08. The van der Waals surface area contributed by atoms with Gasteiger partial charge < -0.3 is 35.9 Å². The molecule has 52 heavy (non-hydrogen) atoms. The summed E-state index contributed by atoms with van der Waals surface area (Å²) >= 11 is 0. The van der Waals surface area contributed by atoms with Crippen LogP contribution < -0.4 is 21.7 Å². The molecule has 0 bridgehead atoms. The molecule has 276 valence electrons. The summed E-state index contributed by atoms with van der Waals surface area (Å²) in [6.07, 6.45) is 2.41. The van der Waals surface area contributed by atoms with E-state index >= 15 is 0 Å². The first kappa shape index (κ1) is 39.7. The minimum absolute atomic E-state index is 0. The van der Waals surface area contributed by atoms with Crippen LogP contribution in [0.15, 0.2) is 109 Å². The molecule has 2 saturated carbocycles. The van der Waals surface area contributed by atoms with Crippen LogP contribution in [0.1, 0.15) is 79.8 Å². The van der Waals surface area contributed by atoms with Gasteiger partial charge in [-0.1, -0.05) is 109 Å². The molecule has 0 aromatic heterocycles. The van der Waals surface area contributed by atoms with E-state index < -0.39 is 17.8 Å². The number of hydrogen-bond donors (Lipinski definition) is 4. The van der Waals surface area contributed by atoms with Crippen molar-refractivity contribution in [3.8, 4) is 0 Å². The van der Waals surface area contributed by atoms with Gasteiger partial charge in [0.2, 0.25) is 0 Å². The maximum Gasteiger partial charge on any atom is 0.408 e. The molecule has 11 heteroatoms. The predicted octanol–water partition coefficient (Wildman–Crippen LogP) is 8.11. The van der Waals surface area contributed by atoms with Crippen molar-refractivity contribution in [3.63, 3.8) is 0 Å². The van der Waals surface area contributed by atoms with Crippen molar-refractivity contribution in [2.75, 3.05) is 0 Å². The zero-order chi connectivity index (χ0) is 36.3. The van der Waals surface area contributed by atoms with Crippen LogP contribution >= 0.6 is 12.4 Å². The van der Waals surface area contributed by atoms with E-state index in [1.54, 1.807) is 0 Å². The van der Waals surface area contributed by atoms with Gasteiger partial charge in [-0.15, -0.1) is 12.4 Å². The number of carbonyl (C=O) groups excluding carboxylic acids is 3. The number of carbonyl (C=O) groups is 3. The fourth-order valence-corrected chi connectivity index (χ4v) is 5.52. The van der Waals surface area contributed by atoms with Gasteiger partial charge in [0.05, 0.1) is 11.1 Å². The number of amides is 3. The Morgan fingerprint density at radius 3 is 1.37 bits per heavy atom. The van der Waals surface area contributed by atoms with Gasteiger partial charge in [0.25, 0.3) is 0 Å². The SMILES string of the molecule is CC(C)(C)OC(=O)NCc1ccc(C2(NC(=O)OCc3ccccc3)CC2)cc1.Cl.NCc1ccc(C2(NC(=O)OCc3ccccc3)CC2)cc1. The third kappa shape index (κ3) is 12.0. The molecular weight excluding hydrogens is 680 g/mol. The Kier molecular flexibility index (Phi) is 13.7. The van der Waals surface area contributed by atoms with Gasteiger partial charge in [0.1, 0.15) is 18.8 Å². The van der Waals surface area contributed by atoms with Gasteiger partial charge in [-0.05, 0) is 79.8 Å². The maximum absolute atomic E-state index is 12.2. The highest BCUT2D eigenvalue weighted by Crippen LogP contribution is 2.46. The molecule has 2 aliphatic rings. The van der Waals surface area contributed by atoms with E-state index in [4.69, 9.17) is 19.9 Å². The molecule has 3 amide bonds. The van der Waals surface area contributed by atoms with E-state index in [1.807, 2.05) is 130 Å². The molecule has 0 atom stereocenters. The highest BCUT2D eigenvalue weighted by Gasteiger charge is 2.47. The van der Waals surface area contributed by atoms with Crippen molar-refractivity contribution in [1.29, 1.82) is 0 Å². The third-order valence-electron chi connectivity index (χ3n) is 8.69. The predicted molar refractivity (Wildman–Crippen MR) is 202 cm³/mol. The Morgan fingerprint density at radius 2 is 1.00 bits per heavy atom. The lowest BCUT2D eigenvalue weighted by Crippen LogP contribution is -2.35. The first-order chi connectivity index (χ1) is 24.5. The molecule has 0 spiro atoms. The molecule has 6 rings (SSSR count). The average molecular weight is 729 g/mol. The van der Waals surface area contributed by atoms with Gasteiger partial charge in [-0.25, -0.2) is 14.4 Å². The van der Waals surface area contributed by atoms with Crippen LogP contribution in [0, 0.1) is 0 Å². The van der Waals surface area contributed by atoms with Crippen LogP contribution in [0.4, 0.5) is 14.4 Å². The number of rotatable bonds is 11. The number of nitrogens with two attached hydrogens (primary N) is 1. The van der Waals surface area contributed by atoms with Crippen LogP contribution in [0.2, 0.25) is 0 Å². The van der Waals surface area contributed by atoms with Crippen molar-refractivity contribution >= 4 is 30.7 Å². The molecule has 0 unspecified atom stereocenters. The van der Waals surface area contributed by atoms with Crippen LogP contribution in [0.5, 0.6) is 0 Å². The fraction of sp³-hybridized carbons (Fsp3) is 0.341. The zero-order valence-electron chi connectivity index (χ0n) is 30.0. The van der Waals surface area contributed by atoms with Gasteiger partial charge in [-0.2, -0.15) is 0 Å². The molecule has 0 aliphatic heterocycles. The lowest BCUT2D eigenvalue weighted by molar-refractivity contribution is 0.0523. The lowest BCUT2D eigenvalue weighted by atomic mass is 10.0. The van der Waals surface area contributed by atoms with Gasteiger partial charge >= 0.3 is 18.3 Å². The van der Waals surface area contributed by atoms with Gasteiger partial charge in [-0.3, -0.25) is 0 Å². The van der Waals surface area contributed by atoms with Gasteiger partial charge in [0, 0.05) is 13.1 Å². The zero-order valence-corrected chi connectivity index (χ0v) is 30.8. The van der Waals surface area contributed by atoms with E-state index in [0.717, 1.165) is 59.1 Å². The van der Waals surface area contributed by atoms with Crippen LogP contribution in [0.25, 0.3) is 0 Å². The highest BCUT2D eigenvalue weighted by atomic mass is 35.5. The first-order valence-electron chi connectivity index (χ1n) is 17.3.